The molecule has 2 atom stereocenters. The van der Waals surface area contributed by atoms with E-state index in [2.05, 4.69) is 0 Å². The smallest absolute Gasteiger partial charge is 0.413 e. The van der Waals surface area contributed by atoms with Gasteiger partial charge in [0.2, 0.25) is 0 Å². The van der Waals surface area contributed by atoms with Crippen LogP contribution >= 0.6 is 0 Å². The van der Waals surface area contributed by atoms with Crippen LogP contribution in [0, 0.1) is 0 Å². The lowest BCUT2D eigenvalue weighted by atomic mass is 10.1. The third kappa shape index (κ3) is 5.31. The molecule has 3 rings (SSSR count). The molecule has 1 unspecified atom stereocenters. The Kier molecular flexibility index (Phi) is 6.14. The third-order valence-corrected chi connectivity index (χ3v) is 4.25. The first-order chi connectivity index (χ1) is 12.9. The van der Waals surface area contributed by atoms with Crippen LogP contribution in [0.15, 0.2) is 60.7 Å². The fraction of sp³-hybridized carbons (Fsp3) is 0.409. The lowest BCUT2D eigenvalue weighted by Gasteiger charge is -2.31. The quantitative estimate of drug-likeness (QED) is 0.776. The van der Waals surface area contributed by atoms with E-state index in [0.29, 0.717) is 13.2 Å². The first kappa shape index (κ1) is 19.4. The van der Waals surface area contributed by atoms with Crippen LogP contribution < -0.4 is 0 Å². The van der Waals surface area contributed by atoms with Gasteiger partial charge in [-0.2, -0.15) is 0 Å². The monoisotopic (exact) mass is 369 g/mol. The highest BCUT2D eigenvalue weighted by atomic mass is 16.6. The summed E-state index contributed by atoms with van der Waals surface area (Å²) < 4.78 is 17.3. The second-order valence-corrected chi connectivity index (χ2v) is 7.60. The Hall–Kier alpha value is -2.37. The van der Waals surface area contributed by atoms with E-state index in [0.717, 1.165) is 11.1 Å². The number of hydrogen-bond donors (Lipinski definition) is 0. The van der Waals surface area contributed by atoms with Gasteiger partial charge in [-0.05, 0) is 31.9 Å². The van der Waals surface area contributed by atoms with Crippen LogP contribution in [0.2, 0.25) is 0 Å². The van der Waals surface area contributed by atoms with Crippen molar-refractivity contribution in [3.8, 4) is 0 Å². The van der Waals surface area contributed by atoms with E-state index in [1.165, 1.54) is 0 Å². The van der Waals surface area contributed by atoms with Crippen LogP contribution in [-0.4, -0.2) is 36.0 Å². The van der Waals surface area contributed by atoms with E-state index in [1.54, 1.807) is 4.90 Å². The minimum absolute atomic E-state index is 0.189. The van der Waals surface area contributed by atoms with Gasteiger partial charge in [-0.1, -0.05) is 60.7 Å². The van der Waals surface area contributed by atoms with Gasteiger partial charge in [-0.15, -0.1) is 0 Å². The molecule has 2 aromatic rings. The lowest BCUT2D eigenvalue weighted by Crippen LogP contribution is -2.43. The van der Waals surface area contributed by atoms with Gasteiger partial charge in [0.25, 0.3) is 0 Å². The van der Waals surface area contributed by atoms with Gasteiger partial charge in [-0.25, -0.2) is 4.79 Å². The molecule has 5 nitrogen and oxygen atoms in total. The standard InChI is InChI=1S/C22H27NO4/c1-22(2,3)27-21(24)23-19(18-12-8-5-9-13-18)15-26-20(23)16-25-14-17-10-6-4-7-11-17/h4-13,19-20H,14-16H2,1-3H3/t19-,20?/m1/s1. The van der Waals surface area contributed by atoms with Crippen LogP contribution in [-0.2, 0) is 20.8 Å². The summed E-state index contributed by atoms with van der Waals surface area (Å²) in [6.07, 6.45) is -0.865. The molecule has 144 valence electrons. The first-order valence-electron chi connectivity index (χ1n) is 9.23. The fourth-order valence-corrected chi connectivity index (χ4v) is 3.04. The maximum Gasteiger partial charge on any atom is 0.413 e. The SMILES string of the molecule is CC(C)(C)OC(=O)N1C(COCc2ccccc2)OC[C@@H]1c1ccccc1. The minimum atomic E-state index is -0.573. The summed E-state index contributed by atoms with van der Waals surface area (Å²) in [4.78, 5) is 14.5. The molecule has 0 radical (unpaired) electrons. The molecule has 0 saturated carbocycles. The third-order valence-electron chi connectivity index (χ3n) is 4.25. The molecule has 1 heterocycles. The number of carbonyl (C=O) groups excluding carboxylic acids is 1. The highest BCUT2D eigenvalue weighted by molar-refractivity contribution is 5.69. The highest BCUT2D eigenvalue weighted by Crippen LogP contribution is 2.32. The minimum Gasteiger partial charge on any atom is -0.444 e. The zero-order chi connectivity index (χ0) is 19.3. The average molecular weight is 369 g/mol. The van der Waals surface area contributed by atoms with E-state index in [9.17, 15) is 4.79 Å². The Labute approximate surface area is 160 Å². The van der Waals surface area contributed by atoms with Crippen molar-refractivity contribution in [2.24, 2.45) is 0 Å². The van der Waals surface area contributed by atoms with Crippen molar-refractivity contribution in [2.45, 2.75) is 45.2 Å². The maximum atomic E-state index is 12.9. The van der Waals surface area contributed by atoms with Crippen LogP contribution in [0.5, 0.6) is 0 Å². The van der Waals surface area contributed by atoms with Gasteiger partial charge >= 0.3 is 6.09 Å². The molecular weight excluding hydrogens is 342 g/mol. The van der Waals surface area contributed by atoms with Crippen molar-refractivity contribution in [3.05, 3.63) is 71.8 Å². The molecule has 1 aliphatic rings. The summed E-state index contributed by atoms with van der Waals surface area (Å²) in [5.74, 6) is 0. The normalized spacial score (nSPS) is 19.9. The van der Waals surface area contributed by atoms with Crippen molar-refractivity contribution in [3.63, 3.8) is 0 Å². The molecule has 0 aliphatic carbocycles. The number of rotatable bonds is 5. The van der Waals surface area contributed by atoms with E-state index in [4.69, 9.17) is 14.2 Å². The molecule has 0 aromatic heterocycles. The number of ether oxygens (including phenoxy) is 3. The molecule has 1 saturated heterocycles. The fourth-order valence-electron chi connectivity index (χ4n) is 3.04. The van der Waals surface area contributed by atoms with Crippen molar-refractivity contribution in [1.82, 2.24) is 4.90 Å². The second-order valence-electron chi connectivity index (χ2n) is 7.60. The van der Waals surface area contributed by atoms with E-state index >= 15 is 0 Å². The molecule has 0 N–H and O–H groups in total. The summed E-state index contributed by atoms with van der Waals surface area (Å²) in [6.45, 7) is 6.76. The van der Waals surface area contributed by atoms with Crippen molar-refractivity contribution in [2.75, 3.05) is 13.2 Å². The van der Waals surface area contributed by atoms with Crippen molar-refractivity contribution < 1.29 is 19.0 Å². The Bertz CT molecular complexity index is 727. The van der Waals surface area contributed by atoms with Crippen LogP contribution in [0.25, 0.3) is 0 Å². The molecule has 1 fully saturated rings. The molecular formula is C22H27NO4. The van der Waals surface area contributed by atoms with Gasteiger partial charge in [0.05, 0.1) is 25.9 Å². The van der Waals surface area contributed by atoms with Crippen molar-refractivity contribution >= 4 is 6.09 Å². The van der Waals surface area contributed by atoms with Gasteiger partial charge in [0.15, 0.2) is 6.23 Å². The van der Waals surface area contributed by atoms with Crippen molar-refractivity contribution in [1.29, 1.82) is 0 Å². The van der Waals surface area contributed by atoms with E-state index in [1.807, 2.05) is 81.4 Å². The van der Waals surface area contributed by atoms with Crippen LogP contribution in [0.3, 0.4) is 0 Å². The molecule has 1 amide bonds. The number of amides is 1. The molecule has 2 aromatic carbocycles. The number of carbonyl (C=O) groups is 1. The topological polar surface area (TPSA) is 48.0 Å². The lowest BCUT2D eigenvalue weighted by molar-refractivity contribution is -0.0542. The number of nitrogens with zero attached hydrogens (tertiary/aromatic N) is 1. The first-order valence-corrected chi connectivity index (χ1v) is 9.23. The zero-order valence-corrected chi connectivity index (χ0v) is 16.1. The van der Waals surface area contributed by atoms with Crippen LogP contribution in [0.1, 0.15) is 37.9 Å². The summed E-state index contributed by atoms with van der Waals surface area (Å²) >= 11 is 0. The number of benzene rings is 2. The Morgan fingerprint density at radius 2 is 1.70 bits per heavy atom. The van der Waals surface area contributed by atoms with Gasteiger partial charge in [0, 0.05) is 0 Å². The molecule has 27 heavy (non-hydrogen) atoms. The summed E-state index contributed by atoms with van der Waals surface area (Å²) in [5.41, 5.74) is 1.53. The predicted octanol–water partition coefficient (Wildman–Crippen LogP) is 4.54. The van der Waals surface area contributed by atoms with E-state index < -0.39 is 11.8 Å². The van der Waals surface area contributed by atoms with Crippen LogP contribution in [0.4, 0.5) is 4.79 Å². The Balaban J connectivity index is 1.70. The molecule has 0 bridgehead atoms. The summed E-state index contributed by atoms with van der Waals surface area (Å²) in [5, 5.41) is 0. The number of hydrogen-bond acceptors (Lipinski definition) is 4. The molecule has 0 spiro atoms. The highest BCUT2D eigenvalue weighted by Gasteiger charge is 2.41. The molecule has 5 heteroatoms. The van der Waals surface area contributed by atoms with E-state index in [-0.39, 0.29) is 18.7 Å². The van der Waals surface area contributed by atoms with Gasteiger partial charge in [0.1, 0.15) is 5.60 Å². The molecule has 1 aliphatic heterocycles. The summed E-state index contributed by atoms with van der Waals surface area (Å²) in [6, 6.07) is 19.6. The van der Waals surface area contributed by atoms with Gasteiger partial charge in [-0.3, -0.25) is 4.90 Å². The Morgan fingerprint density at radius 1 is 1.07 bits per heavy atom. The maximum absolute atomic E-state index is 12.9. The summed E-state index contributed by atoms with van der Waals surface area (Å²) in [7, 11) is 0. The second kappa shape index (κ2) is 8.55. The Morgan fingerprint density at radius 3 is 2.33 bits per heavy atom. The largest absolute Gasteiger partial charge is 0.444 e. The average Bonchev–Trinajstić information content (AvgIpc) is 3.06. The zero-order valence-electron chi connectivity index (χ0n) is 16.1. The van der Waals surface area contributed by atoms with Gasteiger partial charge < -0.3 is 14.2 Å². The predicted molar refractivity (Wildman–Crippen MR) is 103 cm³/mol.